The van der Waals surface area contributed by atoms with Crippen LogP contribution in [-0.2, 0) is 9.53 Å². The van der Waals surface area contributed by atoms with Gasteiger partial charge in [0.05, 0.1) is 17.1 Å². The van der Waals surface area contributed by atoms with Crippen molar-refractivity contribution in [1.29, 1.82) is 0 Å². The van der Waals surface area contributed by atoms with E-state index in [9.17, 15) is 14.7 Å². The molecule has 2 heterocycles. The number of aromatic nitrogens is 1. The molecule has 3 unspecified atom stereocenters. The van der Waals surface area contributed by atoms with Crippen molar-refractivity contribution < 1.29 is 19.4 Å². The molecule has 1 aromatic rings. The van der Waals surface area contributed by atoms with Crippen LogP contribution < -0.4 is 4.90 Å². The molecule has 1 saturated heterocycles. The van der Waals surface area contributed by atoms with Gasteiger partial charge in [0.2, 0.25) is 0 Å². The minimum Gasteiger partial charge on any atom is -0.481 e. The van der Waals surface area contributed by atoms with Crippen molar-refractivity contribution in [2.45, 2.75) is 81.9 Å². The van der Waals surface area contributed by atoms with E-state index < -0.39 is 5.97 Å². The van der Waals surface area contributed by atoms with Crippen LogP contribution in [0.5, 0.6) is 0 Å². The summed E-state index contributed by atoms with van der Waals surface area (Å²) in [5, 5.41) is 10.3. The number of pyridine rings is 1. The minimum absolute atomic E-state index is 0.0344. The predicted molar refractivity (Wildman–Crippen MR) is 146 cm³/mol. The van der Waals surface area contributed by atoms with Gasteiger partial charge in [-0.25, -0.2) is 4.98 Å². The molecule has 4 aliphatic carbocycles. The molecule has 4 atom stereocenters. The van der Waals surface area contributed by atoms with Crippen molar-refractivity contribution >= 4 is 29.5 Å². The van der Waals surface area contributed by atoms with Crippen LogP contribution in [0.3, 0.4) is 0 Å². The second kappa shape index (κ2) is 10.8. The highest BCUT2D eigenvalue weighted by Gasteiger charge is 2.57. The number of hydrogen-bond donors (Lipinski definition) is 1. The largest absolute Gasteiger partial charge is 0.481 e. The first kappa shape index (κ1) is 26.8. The van der Waals surface area contributed by atoms with Gasteiger partial charge in [-0.05, 0) is 92.9 Å². The quantitative estimate of drug-likeness (QED) is 0.441. The maximum Gasteiger partial charge on any atom is 0.306 e. The summed E-state index contributed by atoms with van der Waals surface area (Å²) in [5.41, 5.74) is 0.736. The van der Waals surface area contributed by atoms with E-state index in [0.717, 1.165) is 61.2 Å². The minimum atomic E-state index is -0.732. The highest BCUT2D eigenvalue weighted by Crippen LogP contribution is 2.58. The average molecular weight is 530 g/mol. The van der Waals surface area contributed by atoms with Gasteiger partial charge in [0.25, 0.3) is 5.91 Å². The summed E-state index contributed by atoms with van der Waals surface area (Å²) < 4.78 is 6.04. The number of aliphatic carboxylic acids is 1. The zero-order valence-corrected chi connectivity index (χ0v) is 23.6. The molecule has 37 heavy (non-hydrogen) atoms. The summed E-state index contributed by atoms with van der Waals surface area (Å²) in [5.74, 6) is 2.63. The molecule has 1 aliphatic heterocycles. The van der Waals surface area contributed by atoms with Gasteiger partial charge in [0.1, 0.15) is 10.8 Å². The topological polar surface area (TPSA) is 83.0 Å². The van der Waals surface area contributed by atoms with E-state index in [1.54, 1.807) is 11.8 Å². The summed E-state index contributed by atoms with van der Waals surface area (Å²) in [6.45, 7) is 5.52. The van der Waals surface area contributed by atoms with Gasteiger partial charge in [0.15, 0.2) is 0 Å². The Morgan fingerprint density at radius 1 is 1.27 bits per heavy atom. The van der Waals surface area contributed by atoms with Crippen molar-refractivity contribution in [1.82, 2.24) is 9.88 Å². The molecule has 204 valence electrons. The van der Waals surface area contributed by atoms with Crippen LogP contribution in [0.1, 0.15) is 75.6 Å². The summed E-state index contributed by atoms with van der Waals surface area (Å²) in [6.07, 6.45) is 8.64. The van der Waals surface area contributed by atoms with Crippen molar-refractivity contribution in [3.8, 4) is 0 Å². The van der Waals surface area contributed by atoms with Crippen molar-refractivity contribution in [3.05, 3.63) is 17.7 Å². The molecule has 4 saturated carbocycles. The van der Waals surface area contributed by atoms with E-state index in [-0.39, 0.29) is 29.4 Å². The Morgan fingerprint density at radius 2 is 2.00 bits per heavy atom. The molecule has 1 aromatic heterocycles. The van der Waals surface area contributed by atoms with Gasteiger partial charge >= 0.3 is 5.97 Å². The maximum atomic E-state index is 14.0. The first-order valence-corrected chi connectivity index (χ1v) is 15.2. The Morgan fingerprint density at radius 3 is 2.65 bits per heavy atom. The number of carbonyl (C=O) groups excluding carboxylic acids is 1. The summed E-state index contributed by atoms with van der Waals surface area (Å²) >= 11 is 1.66. The molecule has 0 radical (unpaired) electrons. The number of nitrogens with zero attached hydrogens (tertiary/aromatic N) is 3. The van der Waals surface area contributed by atoms with Crippen LogP contribution in [0.2, 0.25) is 0 Å². The standard InChI is InChI=1S/C29H43N3O4S/c1-5-11-37-26-23(8-9-24(30-26)32-10-6-7-20(17-32)18(2)28(34)35)27(33)31(3)25-21-12-19-13-22(25)16-29(14-19,15-21)36-4/h8-9,18-22,25H,5-7,10-17H2,1-4H3,(H,34,35)/t18?,19?,20-,21?,22?,25?,29?/m1/s1. The van der Waals surface area contributed by atoms with Crippen LogP contribution in [-0.4, -0.2) is 71.5 Å². The second-order valence-corrected chi connectivity index (χ2v) is 13.2. The zero-order chi connectivity index (χ0) is 26.3. The Balaban J connectivity index is 1.36. The summed E-state index contributed by atoms with van der Waals surface area (Å²) in [4.78, 5) is 34.8. The fraction of sp³-hybridized carbons (Fsp3) is 0.759. The SMILES string of the molecule is CCCSc1nc(N2CCC[C@@H](C(C)C(=O)O)C2)ccc1C(=O)N(C)C1C2CC3CC1CC(OC)(C3)C2. The van der Waals surface area contributed by atoms with Crippen molar-refractivity contribution in [2.24, 2.45) is 29.6 Å². The molecular weight excluding hydrogens is 486 g/mol. The Kier molecular flexibility index (Phi) is 7.79. The third-order valence-electron chi connectivity index (χ3n) is 9.77. The smallest absolute Gasteiger partial charge is 0.306 e. The van der Waals surface area contributed by atoms with Gasteiger partial charge in [-0.2, -0.15) is 0 Å². The molecule has 5 aliphatic rings. The maximum absolute atomic E-state index is 14.0. The lowest BCUT2D eigenvalue weighted by molar-refractivity contribution is -0.168. The monoisotopic (exact) mass is 529 g/mol. The van der Waals surface area contributed by atoms with Crippen LogP contribution in [0.15, 0.2) is 17.2 Å². The van der Waals surface area contributed by atoms with E-state index in [2.05, 4.69) is 11.8 Å². The number of rotatable bonds is 9. The van der Waals surface area contributed by atoms with Crippen LogP contribution in [0.4, 0.5) is 5.82 Å². The van der Waals surface area contributed by atoms with Crippen LogP contribution in [0, 0.1) is 29.6 Å². The number of anilines is 1. The van der Waals surface area contributed by atoms with Crippen LogP contribution in [0.25, 0.3) is 0 Å². The van der Waals surface area contributed by atoms with Gasteiger partial charge in [-0.3, -0.25) is 9.59 Å². The number of thioether (sulfide) groups is 1. The number of carboxylic acid groups (broad SMARTS) is 1. The molecule has 4 bridgehead atoms. The van der Waals surface area contributed by atoms with Crippen molar-refractivity contribution in [2.75, 3.05) is 37.9 Å². The van der Waals surface area contributed by atoms with Crippen LogP contribution >= 0.6 is 11.8 Å². The molecule has 5 fully saturated rings. The van der Waals surface area contributed by atoms with Gasteiger partial charge in [-0.15, -0.1) is 11.8 Å². The lowest BCUT2D eigenvalue weighted by Crippen LogP contribution is -2.62. The highest BCUT2D eigenvalue weighted by atomic mass is 32.2. The number of hydrogen-bond acceptors (Lipinski definition) is 6. The third-order valence-corrected chi connectivity index (χ3v) is 11.0. The highest BCUT2D eigenvalue weighted by molar-refractivity contribution is 7.99. The van der Waals surface area contributed by atoms with Crippen molar-refractivity contribution in [3.63, 3.8) is 0 Å². The zero-order valence-electron chi connectivity index (χ0n) is 22.8. The molecular formula is C29H43N3O4S. The summed E-state index contributed by atoms with van der Waals surface area (Å²) in [7, 11) is 3.87. The molecule has 6 rings (SSSR count). The molecule has 7 nitrogen and oxygen atoms in total. The van der Waals surface area contributed by atoms with Gasteiger partial charge < -0.3 is 19.6 Å². The lowest BCUT2D eigenvalue weighted by Gasteiger charge is -2.60. The van der Waals surface area contributed by atoms with Gasteiger partial charge in [-0.1, -0.05) is 13.8 Å². The average Bonchev–Trinajstić information content (AvgIpc) is 2.90. The number of amides is 1. The molecule has 8 heteroatoms. The number of carboxylic acids is 1. The fourth-order valence-electron chi connectivity index (χ4n) is 8.04. The molecule has 1 N–H and O–H groups in total. The van der Waals surface area contributed by atoms with E-state index in [4.69, 9.17) is 9.72 Å². The lowest BCUT2D eigenvalue weighted by atomic mass is 9.52. The molecule has 0 aromatic carbocycles. The normalized spacial score (nSPS) is 33.4. The molecule has 1 amide bonds. The number of methoxy groups -OCH3 is 1. The first-order chi connectivity index (χ1) is 17.7. The Hall–Kier alpha value is -1.80. The van der Waals surface area contributed by atoms with Gasteiger partial charge in [0, 0.05) is 33.3 Å². The number of piperidine rings is 1. The Labute approximate surface area is 225 Å². The van der Waals surface area contributed by atoms with E-state index >= 15 is 0 Å². The Bertz CT molecular complexity index is 1000. The predicted octanol–water partition coefficient (Wildman–Crippen LogP) is 5.19. The molecule has 0 spiro atoms. The summed E-state index contributed by atoms with van der Waals surface area (Å²) in [6, 6.07) is 4.22. The number of ether oxygens (including phenoxy) is 1. The van der Waals surface area contributed by atoms with E-state index in [1.165, 1.54) is 19.3 Å². The first-order valence-electron chi connectivity index (χ1n) is 14.2. The van der Waals surface area contributed by atoms with E-state index in [0.29, 0.717) is 23.9 Å². The van der Waals surface area contributed by atoms with E-state index in [1.807, 2.05) is 38.1 Å². The second-order valence-electron chi connectivity index (χ2n) is 12.1. The number of carbonyl (C=O) groups is 2. The third kappa shape index (κ3) is 5.12. The fourth-order valence-corrected chi connectivity index (χ4v) is 8.90.